The van der Waals surface area contributed by atoms with E-state index in [1.165, 1.54) is 6.33 Å². The van der Waals surface area contributed by atoms with Crippen LogP contribution >= 0.6 is 0 Å². The van der Waals surface area contributed by atoms with Gasteiger partial charge in [0.05, 0.1) is 18.0 Å². The van der Waals surface area contributed by atoms with Crippen molar-refractivity contribution in [3.8, 4) is 28.8 Å². The lowest BCUT2D eigenvalue weighted by Gasteiger charge is -2.24. The Hall–Kier alpha value is -4.85. The first kappa shape index (κ1) is 23.9. The van der Waals surface area contributed by atoms with E-state index in [4.69, 9.17) is 20.8 Å². The minimum atomic E-state index is -0.737. The SMILES string of the molecule is C=C(C#N)C(=O)N1CCC[C@@H]1Cn1nc(-c2ccc(Oc3cc(F)cc(F)c3)cc2)c2c(N)ncnc21. The smallest absolute Gasteiger partial charge is 0.264 e. The van der Waals surface area contributed by atoms with Crippen LogP contribution in [0.25, 0.3) is 22.3 Å². The molecule has 1 amide bonds. The molecule has 0 aliphatic carbocycles. The number of fused-ring (bicyclic) bond motifs is 1. The average molecular weight is 501 g/mol. The van der Waals surface area contributed by atoms with E-state index in [-0.39, 0.29) is 29.1 Å². The third kappa shape index (κ3) is 4.69. The summed E-state index contributed by atoms with van der Waals surface area (Å²) in [4.78, 5) is 22.7. The molecule has 186 valence electrons. The lowest BCUT2D eigenvalue weighted by Crippen LogP contribution is -2.38. The van der Waals surface area contributed by atoms with Gasteiger partial charge in [0.25, 0.3) is 5.91 Å². The zero-order valence-corrected chi connectivity index (χ0v) is 19.6. The summed E-state index contributed by atoms with van der Waals surface area (Å²) in [7, 11) is 0. The number of aromatic nitrogens is 4. The molecule has 0 spiro atoms. The number of rotatable bonds is 6. The highest BCUT2D eigenvalue weighted by molar-refractivity contribution is 5.98. The summed E-state index contributed by atoms with van der Waals surface area (Å²) in [6, 6.07) is 11.4. The Morgan fingerprint density at radius 2 is 1.89 bits per heavy atom. The number of hydrogen-bond donors (Lipinski definition) is 1. The van der Waals surface area contributed by atoms with Crippen LogP contribution in [0.5, 0.6) is 11.5 Å². The van der Waals surface area contributed by atoms with Crippen molar-refractivity contribution in [1.82, 2.24) is 24.6 Å². The van der Waals surface area contributed by atoms with Gasteiger partial charge < -0.3 is 15.4 Å². The number of nitrogen functional groups attached to an aromatic ring is 1. The monoisotopic (exact) mass is 501 g/mol. The van der Waals surface area contributed by atoms with Crippen LogP contribution in [-0.2, 0) is 11.3 Å². The van der Waals surface area contributed by atoms with Crippen LogP contribution < -0.4 is 10.5 Å². The van der Waals surface area contributed by atoms with Gasteiger partial charge in [0.1, 0.15) is 52.6 Å². The van der Waals surface area contributed by atoms with E-state index in [1.54, 1.807) is 33.8 Å². The summed E-state index contributed by atoms with van der Waals surface area (Å²) in [5.41, 5.74) is 7.83. The summed E-state index contributed by atoms with van der Waals surface area (Å²) >= 11 is 0. The number of nitriles is 1. The minimum absolute atomic E-state index is 0.0346. The van der Waals surface area contributed by atoms with Crippen molar-refractivity contribution in [2.45, 2.75) is 25.4 Å². The van der Waals surface area contributed by atoms with E-state index in [9.17, 15) is 13.6 Å². The number of nitrogens with zero attached hydrogens (tertiary/aromatic N) is 6. The number of benzene rings is 2. The number of ether oxygens (including phenoxy) is 1. The summed E-state index contributed by atoms with van der Waals surface area (Å²) in [5, 5.41) is 14.4. The van der Waals surface area contributed by atoms with Crippen LogP contribution in [0.3, 0.4) is 0 Å². The third-order valence-corrected chi connectivity index (χ3v) is 6.17. The summed E-state index contributed by atoms with van der Waals surface area (Å²) in [6.45, 7) is 4.43. The molecule has 2 aromatic carbocycles. The molecule has 2 aromatic heterocycles. The van der Waals surface area contributed by atoms with Crippen molar-refractivity contribution in [2.24, 2.45) is 0 Å². The molecule has 4 aromatic rings. The molecule has 5 rings (SSSR count). The second-order valence-electron chi connectivity index (χ2n) is 8.60. The largest absolute Gasteiger partial charge is 0.457 e. The minimum Gasteiger partial charge on any atom is -0.457 e. The normalized spacial score (nSPS) is 15.1. The molecule has 11 heteroatoms. The molecule has 3 heterocycles. The van der Waals surface area contributed by atoms with E-state index in [0.29, 0.717) is 41.1 Å². The Balaban J connectivity index is 1.45. The Kier molecular flexibility index (Phi) is 6.23. The number of halogens is 2. The lowest BCUT2D eigenvalue weighted by atomic mass is 10.1. The highest BCUT2D eigenvalue weighted by Gasteiger charge is 2.31. The van der Waals surface area contributed by atoms with Crippen LogP contribution in [-0.4, -0.2) is 43.1 Å². The molecule has 0 unspecified atom stereocenters. The topological polar surface area (TPSA) is 123 Å². The van der Waals surface area contributed by atoms with Crippen molar-refractivity contribution >= 4 is 22.8 Å². The van der Waals surface area contributed by atoms with Crippen molar-refractivity contribution in [3.63, 3.8) is 0 Å². The van der Waals surface area contributed by atoms with Gasteiger partial charge in [-0.3, -0.25) is 4.79 Å². The molecule has 1 saturated heterocycles. The summed E-state index contributed by atoms with van der Waals surface area (Å²) < 4.78 is 34.2. The molecule has 0 bridgehead atoms. The molecular formula is C26H21F2N7O2. The first-order chi connectivity index (χ1) is 17.8. The Morgan fingerprint density at radius 3 is 2.59 bits per heavy atom. The molecule has 9 nitrogen and oxygen atoms in total. The van der Waals surface area contributed by atoms with E-state index in [0.717, 1.165) is 31.0 Å². The van der Waals surface area contributed by atoms with Crippen molar-refractivity contribution in [1.29, 1.82) is 5.26 Å². The Morgan fingerprint density at radius 1 is 1.16 bits per heavy atom. The highest BCUT2D eigenvalue weighted by atomic mass is 19.1. The maximum absolute atomic E-state index is 13.5. The maximum Gasteiger partial charge on any atom is 0.264 e. The summed E-state index contributed by atoms with van der Waals surface area (Å²) in [5.74, 6) is -1.20. The Labute approximate surface area is 210 Å². The highest BCUT2D eigenvalue weighted by Crippen LogP contribution is 2.33. The van der Waals surface area contributed by atoms with E-state index in [2.05, 4.69) is 16.5 Å². The molecule has 0 radical (unpaired) electrons. The zero-order valence-electron chi connectivity index (χ0n) is 19.6. The van der Waals surface area contributed by atoms with Gasteiger partial charge in [-0.15, -0.1) is 0 Å². The fourth-order valence-electron chi connectivity index (χ4n) is 4.48. The maximum atomic E-state index is 13.5. The number of carbonyl (C=O) groups is 1. The van der Waals surface area contributed by atoms with Gasteiger partial charge in [-0.1, -0.05) is 6.58 Å². The van der Waals surface area contributed by atoms with Gasteiger partial charge in [0, 0.05) is 30.3 Å². The van der Waals surface area contributed by atoms with Crippen LogP contribution in [0.4, 0.5) is 14.6 Å². The molecule has 37 heavy (non-hydrogen) atoms. The second kappa shape index (κ2) is 9.66. The quantitative estimate of drug-likeness (QED) is 0.310. The van der Waals surface area contributed by atoms with Crippen LogP contribution in [0.1, 0.15) is 12.8 Å². The van der Waals surface area contributed by atoms with Gasteiger partial charge in [0.2, 0.25) is 0 Å². The lowest BCUT2D eigenvalue weighted by molar-refractivity contribution is -0.127. The van der Waals surface area contributed by atoms with E-state index in [1.807, 2.05) is 6.07 Å². The van der Waals surface area contributed by atoms with Crippen molar-refractivity contribution < 1.29 is 18.3 Å². The molecule has 0 saturated carbocycles. The molecular weight excluding hydrogens is 480 g/mol. The predicted molar refractivity (Wildman–Crippen MR) is 131 cm³/mol. The standard InChI is InChI=1S/C26H21F2N7O2/c1-15(12-29)26(36)34-8-2-3-19(34)13-35-25-22(24(30)31-14-32-25)23(33-35)16-4-6-20(7-5-16)37-21-10-17(27)9-18(28)11-21/h4-7,9-11,14,19H,1-3,8,13H2,(H2,30,31,32)/t19-/m1/s1. The van der Waals surface area contributed by atoms with Crippen LogP contribution in [0.2, 0.25) is 0 Å². The molecule has 1 aliphatic rings. The number of amides is 1. The number of nitrogens with two attached hydrogens (primary N) is 1. The van der Waals surface area contributed by atoms with Crippen molar-refractivity contribution in [2.75, 3.05) is 12.3 Å². The molecule has 2 N–H and O–H groups in total. The first-order valence-corrected chi connectivity index (χ1v) is 11.5. The van der Waals surface area contributed by atoms with Gasteiger partial charge >= 0.3 is 0 Å². The molecule has 1 fully saturated rings. The number of anilines is 1. The fourth-order valence-corrected chi connectivity index (χ4v) is 4.48. The number of likely N-dealkylation sites (tertiary alicyclic amines) is 1. The third-order valence-electron chi connectivity index (χ3n) is 6.17. The molecule has 1 aliphatic heterocycles. The van der Waals surface area contributed by atoms with Gasteiger partial charge in [-0.2, -0.15) is 10.4 Å². The van der Waals surface area contributed by atoms with Crippen LogP contribution in [0, 0.1) is 23.0 Å². The van der Waals surface area contributed by atoms with Gasteiger partial charge in [0.15, 0.2) is 5.65 Å². The average Bonchev–Trinajstić information content (AvgIpc) is 3.49. The molecule has 1 atom stereocenters. The van der Waals surface area contributed by atoms with Gasteiger partial charge in [-0.05, 0) is 37.1 Å². The summed E-state index contributed by atoms with van der Waals surface area (Å²) in [6.07, 6.45) is 2.90. The number of hydrogen-bond acceptors (Lipinski definition) is 7. The van der Waals surface area contributed by atoms with Crippen LogP contribution in [0.15, 0.2) is 60.9 Å². The van der Waals surface area contributed by atoms with E-state index >= 15 is 0 Å². The zero-order chi connectivity index (χ0) is 26.1. The second-order valence-corrected chi connectivity index (χ2v) is 8.60. The fraction of sp³-hybridized carbons (Fsp3) is 0.192. The number of carbonyl (C=O) groups excluding carboxylic acids is 1. The van der Waals surface area contributed by atoms with E-state index < -0.39 is 11.6 Å². The predicted octanol–water partition coefficient (Wildman–Crippen LogP) is 4.22. The van der Waals surface area contributed by atoms with Crippen molar-refractivity contribution in [3.05, 3.63) is 72.6 Å². The van der Waals surface area contributed by atoms with Gasteiger partial charge in [-0.25, -0.2) is 23.4 Å². The Bertz CT molecular complexity index is 1540. The first-order valence-electron chi connectivity index (χ1n) is 11.5.